The summed E-state index contributed by atoms with van der Waals surface area (Å²) in [6.45, 7) is 3.54. The average molecular weight is 219 g/mol. The Morgan fingerprint density at radius 2 is 2.06 bits per heavy atom. The minimum absolute atomic E-state index is 0.0517. The molecule has 0 saturated heterocycles. The van der Waals surface area contributed by atoms with Crippen LogP contribution in [-0.4, -0.2) is 22.7 Å². The fraction of sp³-hybridized carbons (Fsp3) is 0.417. The van der Waals surface area contributed by atoms with Crippen LogP contribution in [-0.2, 0) is 13.6 Å². The summed E-state index contributed by atoms with van der Waals surface area (Å²) >= 11 is 0. The first-order valence-electron chi connectivity index (χ1n) is 5.45. The van der Waals surface area contributed by atoms with E-state index in [1.807, 2.05) is 37.7 Å². The molecule has 0 aliphatic carbocycles. The maximum Gasteiger partial charge on any atom is 0.328 e. The molecule has 0 aliphatic rings. The SMILES string of the molecule is CNCCn1c(=O)n(C)c2ccc(C)cc21. The Labute approximate surface area is 94.5 Å². The molecule has 0 radical (unpaired) electrons. The maximum atomic E-state index is 12.0. The zero-order valence-electron chi connectivity index (χ0n) is 9.95. The van der Waals surface area contributed by atoms with E-state index in [0.29, 0.717) is 6.54 Å². The molecule has 1 aromatic carbocycles. The number of fused-ring (bicyclic) bond motifs is 1. The first kappa shape index (κ1) is 11.0. The molecule has 1 N–H and O–H groups in total. The van der Waals surface area contributed by atoms with Crippen LogP contribution in [0.5, 0.6) is 0 Å². The van der Waals surface area contributed by atoms with Crippen molar-refractivity contribution >= 4 is 11.0 Å². The van der Waals surface area contributed by atoms with Gasteiger partial charge in [0, 0.05) is 20.1 Å². The number of nitrogens with zero attached hydrogens (tertiary/aromatic N) is 2. The Morgan fingerprint density at radius 1 is 1.31 bits per heavy atom. The standard InChI is InChI=1S/C12H17N3O/c1-9-4-5-10-11(8-9)15(7-6-13-2)12(16)14(10)3/h4-5,8,13H,6-7H2,1-3H3. The molecule has 0 spiro atoms. The molecule has 0 saturated carbocycles. The first-order chi connectivity index (χ1) is 7.65. The third kappa shape index (κ3) is 1.65. The predicted octanol–water partition coefficient (Wildman–Crippen LogP) is 0.868. The third-order valence-corrected chi connectivity index (χ3v) is 2.89. The summed E-state index contributed by atoms with van der Waals surface area (Å²) in [7, 11) is 3.71. The molecule has 1 heterocycles. The van der Waals surface area contributed by atoms with Crippen LogP contribution in [0.15, 0.2) is 23.0 Å². The van der Waals surface area contributed by atoms with E-state index in [9.17, 15) is 4.79 Å². The Hall–Kier alpha value is -1.55. The second-order valence-corrected chi connectivity index (χ2v) is 4.09. The molecule has 4 nitrogen and oxygen atoms in total. The van der Waals surface area contributed by atoms with Gasteiger partial charge in [0.15, 0.2) is 0 Å². The van der Waals surface area contributed by atoms with Crippen LogP contribution in [0.2, 0.25) is 0 Å². The molecule has 0 unspecified atom stereocenters. The van der Waals surface area contributed by atoms with Crippen molar-refractivity contribution in [1.82, 2.24) is 14.5 Å². The normalized spacial score (nSPS) is 11.2. The van der Waals surface area contributed by atoms with Crippen LogP contribution in [0.4, 0.5) is 0 Å². The van der Waals surface area contributed by atoms with E-state index in [-0.39, 0.29) is 5.69 Å². The van der Waals surface area contributed by atoms with Gasteiger partial charge < -0.3 is 5.32 Å². The molecular formula is C12H17N3O. The molecule has 2 rings (SSSR count). The van der Waals surface area contributed by atoms with Crippen LogP contribution < -0.4 is 11.0 Å². The zero-order valence-corrected chi connectivity index (χ0v) is 9.95. The molecule has 1 aromatic heterocycles. The van der Waals surface area contributed by atoms with Crippen LogP contribution in [0.3, 0.4) is 0 Å². The van der Waals surface area contributed by atoms with Crippen molar-refractivity contribution in [2.24, 2.45) is 7.05 Å². The summed E-state index contributed by atoms with van der Waals surface area (Å²) in [5.41, 5.74) is 3.24. The average Bonchev–Trinajstić information content (AvgIpc) is 2.50. The first-order valence-corrected chi connectivity index (χ1v) is 5.45. The quantitative estimate of drug-likeness (QED) is 0.832. The molecule has 0 atom stereocenters. The van der Waals surface area contributed by atoms with Crippen molar-refractivity contribution < 1.29 is 0 Å². The molecular weight excluding hydrogens is 202 g/mol. The van der Waals surface area contributed by atoms with Gasteiger partial charge in [0.2, 0.25) is 0 Å². The molecule has 86 valence electrons. The summed E-state index contributed by atoms with van der Waals surface area (Å²) in [5.74, 6) is 0. The number of nitrogens with one attached hydrogen (secondary N) is 1. The molecule has 4 heteroatoms. The second kappa shape index (κ2) is 4.14. The summed E-state index contributed by atoms with van der Waals surface area (Å²) < 4.78 is 3.52. The maximum absolute atomic E-state index is 12.0. The lowest BCUT2D eigenvalue weighted by molar-refractivity contribution is 0.627. The highest BCUT2D eigenvalue weighted by Crippen LogP contribution is 2.13. The number of hydrogen-bond acceptors (Lipinski definition) is 2. The minimum atomic E-state index is 0.0517. The zero-order chi connectivity index (χ0) is 11.7. The number of aromatic nitrogens is 2. The fourth-order valence-corrected chi connectivity index (χ4v) is 1.96. The number of benzene rings is 1. The van der Waals surface area contributed by atoms with Crippen molar-refractivity contribution in [3.05, 3.63) is 34.2 Å². The van der Waals surface area contributed by atoms with Gasteiger partial charge in [0.1, 0.15) is 0 Å². The highest BCUT2D eigenvalue weighted by atomic mass is 16.1. The van der Waals surface area contributed by atoms with Crippen molar-refractivity contribution in [2.45, 2.75) is 13.5 Å². The van der Waals surface area contributed by atoms with Gasteiger partial charge in [0.25, 0.3) is 0 Å². The van der Waals surface area contributed by atoms with Crippen LogP contribution in [0.25, 0.3) is 11.0 Å². The van der Waals surface area contributed by atoms with E-state index in [2.05, 4.69) is 11.4 Å². The van der Waals surface area contributed by atoms with Crippen LogP contribution in [0.1, 0.15) is 5.56 Å². The number of likely N-dealkylation sites (N-methyl/N-ethyl adjacent to an activating group) is 1. The van der Waals surface area contributed by atoms with Gasteiger partial charge in [-0.25, -0.2) is 4.79 Å². The van der Waals surface area contributed by atoms with E-state index < -0.39 is 0 Å². The van der Waals surface area contributed by atoms with Gasteiger partial charge in [-0.05, 0) is 31.7 Å². The van der Waals surface area contributed by atoms with E-state index in [4.69, 9.17) is 0 Å². The Kier molecular flexibility index (Phi) is 2.83. The fourth-order valence-electron chi connectivity index (χ4n) is 1.96. The van der Waals surface area contributed by atoms with Crippen LogP contribution >= 0.6 is 0 Å². The third-order valence-electron chi connectivity index (χ3n) is 2.89. The van der Waals surface area contributed by atoms with E-state index in [1.54, 1.807) is 4.57 Å². The number of imidazole rings is 1. The summed E-state index contributed by atoms with van der Waals surface area (Å²) in [6, 6.07) is 6.10. The van der Waals surface area contributed by atoms with Gasteiger partial charge in [-0.15, -0.1) is 0 Å². The van der Waals surface area contributed by atoms with Crippen LogP contribution in [0, 0.1) is 6.92 Å². The Balaban J connectivity index is 2.66. The van der Waals surface area contributed by atoms with E-state index in [1.165, 1.54) is 5.56 Å². The molecule has 0 bridgehead atoms. The smallest absolute Gasteiger partial charge is 0.318 e. The number of hydrogen-bond donors (Lipinski definition) is 1. The lowest BCUT2D eigenvalue weighted by Gasteiger charge is -2.02. The minimum Gasteiger partial charge on any atom is -0.318 e. The highest BCUT2D eigenvalue weighted by Gasteiger charge is 2.09. The lowest BCUT2D eigenvalue weighted by atomic mass is 10.2. The summed E-state index contributed by atoms with van der Waals surface area (Å²) in [4.78, 5) is 12.0. The molecule has 0 amide bonds. The topological polar surface area (TPSA) is 39.0 Å². The molecule has 0 fully saturated rings. The monoisotopic (exact) mass is 219 g/mol. The largest absolute Gasteiger partial charge is 0.328 e. The predicted molar refractivity (Wildman–Crippen MR) is 65.8 cm³/mol. The molecule has 0 aliphatic heterocycles. The van der Waals surface area contributed by atoms with Gasteiger partial charge in [-0.2, -0.15) is 0 Å². The summed E-state index contributed by atoms with van der Waals surface area (Å²) in [6.07, 6.45) is 0. The van der Waals surface area contributed by atoms with Gasteiger partial charge in [-0.1, -0.05) is 6.07 Å². The highest BCUT2D eigenvalue weighted by molar-refractivity contribution is 5.76. The Morgan fingerprint density at radius 3 is 2.75 bits per heavy atom. The molecule has 16 heavy (non-hydrogen) atoms. The molecule has 2 aromatic rings. The summed E-state index contributed by atoms with van der Waals surface area (Å²) in [5, 5.41) is 3.06. The second-order valence-electron chi connectivity index (χ2n) is 4.09. The Bertz CT molecular complexity index is 565. The lowest BCUT2D eigenvalue weighted by Crippen LogP contribution is -2.26. The van der Waals surface area contributed by atoms with Gasteiger partial charge in [-0.3, -0.25) is 9.13 Å². The van der Waals surface area contributed by atoms with Gasteiger partial charge >= 0.3 is 5.69 Å². The number of aryl methyl sites for hydroxylation is 2. The van der Waals surface area contributed by atoms with Gasteiger partial charge in [0.05, 0.1) is 11.0 Å². The number of rotatable bonds is 3. The van der Waals surface area contributed by atoms with E-state index in [0.717, 1.165) is 17.6 Å². The van der Waals surface area contributed by atoms with Crippen molar-refractivity contribution in [3.63, 3.8) is 0 Å². The van der Waals surface area contributed by atoms with Crippen molar-refractivity contribution in [3.8, 4) is 0 Å². The van der Waals surface area contributed by atoms with Crippen molar-refractivity contribution in [2.75, 3.05) is 13.6 Å². The van der Waals surface area contributed by atoms with Crippen molar-refractivity contribution in [1.29, 1.82) is 0 Å². The van der Waals surface area contributed by atoms with E-state index >= 15 is 0 Å².